The molecule has 1 atom stereocenters. The number of hydrogen-bond donors (Lipinski definition) is 2. The summed E-state index contributed by atoms with van der Waals surface area (Å²) in [4.78, 5) is 1.00. The third-order valence-corrected chi connectivity index (χ3v) is 4.36. The Bertz CT molecular complexity index is 444. The van der Waals surface area contributed by atoms with Crippen LogP contribution in [0.2, 0.25) is 0 Å². The Balaban J connectivity index is 2.60. The monoisotopic (exact) mass is 278 g/mol. The van der Waals surface area contributed by atoms with E-state index in [0.29, 0.717) is 12.8 Å². The molecule has 17 heavy (non-hydrogen) atoms. The first-order valence-electron chi connectivity index (χ1n) is 5.43. The van der Waals surface area contributed by atoms with Crippen molar-refractivity contribution in [3.8, 4) is 0 Å². The second kappa shape index (κ2) is 6.39. The van der Waals surface area contributed by atoms with E-state index in [-0.39, 0.29) is 11.8 Å². The van der Waals surface area contributed by atoms with Crippen molar-refractivity contribution < 1.29 is 8.42 Å². The molecule has 3 N–H and O–H groups in total. The number of aryl methyl sites for hydroxylation is 1. The van der Waals surface area contributed by atoms with E-state index in [9.17, 15) is 8.42 Å². The molecule has 0 aliphatic rings. The molecule has 1 unspecified atom stereocenters. The number of nitrogens with two attached hydrogens (primary N) is 1. The van der Waals surface area contributed by atoms with Gasteiger partial charge >= 0.3 is 0 Å². The van der Waals surface area contributed by atoms with Gasteiger partial charge in [-0.3, -0.25) is 11.3 Å². The van der Waals surface area contributed by atoms with Crippen LogP contribution in [0.1, 0.15) is 36.4 Å². The number of hydrazine groups is 1. The van der Waals surface area contributed by atoms with Crippen molar-refractivity contribution >= 4 is 21.4 Å². The van der Waals surface area contributed by atoms with Crippen LogP contribution in [-0.4, -0.2) is 30.0 Å². The van der Waals surface area contributed by atoms with E-state index in [1.165, 1.54) is 17.8 Å². The van der Waals surface area contributed by atoms with Crippen molar-refractivity contribution in [1.29, 1.82) is 0 Å². The van der Waals surface area contributed by atoms with Gasteiger partial charge in [0.05, 0.1) is 16.6 Å². The summed E-state index contributed by atoms with van der Waals surface area (Å²) in [6.45, 7) is 2.00. The highest BCUT2D eigenvalue weighted by Gasteiger charge is 2.17. The Morgan fingerprint density at radius 3 is 2.76 bits per heavy atom. The predicted molar refractivity (Wildman–Crippen MR) is 68.3 cm³/mol. The normalized spacial score (nSPS) is 13.8. The average molecular weight is 278 g/mol. The second-order valence-electron chi connectivity index (χ2n) is 3.93. The first-order chi connectivity index (χ1) is 7.98. The summed E-state index contributed by atoms with van der Waals surface area (Å²) in [5.41, 5.74) is 3.63. The van der Waals surface area contributed by atoms with Crippen molar-refractivity contribution in [2.24, 2.45) is 5.84 Å². The molecule has 0 saturated carbocycles. The number of nitrogens with zero attached hydrogens (tertiary/aromatic N) is 2. The van der Waals surface area contributed by atoms with Gasteiger partial charge in [0, 0.05) is 12.0 Å². The highest BCUT2D eigenvalue weighted by molar-refractivity contribution is 7.90. The number of hydrogen-bond acceptors (Lipinski definition) is 7. The standard InChI is InChI=1S/C9H18N4O2S2/c1-3-7-9(16-13-12-7)8(11-10)5-4-6-17(2,14)15/h8,11H,3-6,10H2,1-2H3. The van der Waals surface area contributed by atoms with Crippen molar-refractivity contribution in [3.63, 3.8) is 0 Å². The van der Waals surface area contributed by atoms with E-state index in [0.717, 1.165) is 17.0 Å². The first-order valence-corrected chi connectivity index (χ1v) is 8.26. The molecule has 1 rings (SSSR count). The Morgan fingerprint density at radius 1 is 1.53 bits per heavy atom. The largest absolute Gasteiger partial charge is 0.271 e. The predicted octanol–water partition coefficient (Wildman–Crippen LogP) is 0.430. The number of rotatable bonds is 7. The summed E-state index contributed by atoms with van der Waals surface area (Å²) in [5.74, 6) is 5.67. The minimum Gasteiger partial charge on any atom is -0.271 e. The van der Waals surface area contributed by atoms with Crippen LogP contribution in [0.3, 0.4) is 0 Å². The molecule has 1 heterocycles. The topological polar surface area (TPSA) is 98.0 Å². The smallest absolute Gasteiger partial charge is 0.147 e. The van der Waals surface area contributed by atoms with Gasteiger partial charge in [-0.2, -0.15) is 0 Å². The Labute approximate surface area is 106 Å². The Morgan fingerprint density at radius 2 is 2.24 bits per heavy atom. The van der Waals surface area contributed by atoms with Crippen LogP contribution >= 0.6 is 11.5 Å². The van der Waals surface area contributed by atoms with Gasteiger partial charge in [0.25, 0.3) is 0 Å². The number of nitrogens with one attached hydrogen (secondary N) is 1. The maximum Gasteiger partial charge on any atom is 0.147 e. The zero-order valence-electron chi connectivity index (χ0n) is 10.0. The fraction of sp³-hybridized carbons (Fsp3) is 0.778. The lowest BCUT2D eigenvalue weighted by atomic mass is 10.1. The molecule has 98 valence electrons. The van der Waals surface area contributed by atoms with Crippen molar-refractivity contribution in [2.45, 2.75) is 32.2 Å². The molecule has 0 aromatic carbocycles. The van der Waals surface area contributed by atoms with Crippen molar-refractivity contribution in [2.75, 3.05) is 12.0 Å². The van der Waals surface area contributed by atoms with Gasteiger partial charge < -0.3 is 0 Å². The molecule has 0 spiro atoms. The molecule has 1 aromatic rings. The van der Waals surface area contributed by atoms with Gasteiger partial charge in [0.15, 0.2) is 0 Å². The van der Waals surface area contributed by atoms with E-state index in [1.54, 1.807) is 0 Å². The third kappa shape index (κ3) is 4.66. The molecule has 0 bridgehead atoms. The van der Waals surface area contributed by atoms with Gasteiger partial charge in [0.2, 0.25) is 0 Å². The SMILES string of the molecule is CCc1nnsc1C(CCCS(C)(=O)=O)NN. The fourth-order valence-electron chi connectivity index (χ4n) is 1.57. The van der Waals surface area contributed by atoms with Gasteiger partial charge in [-0.05, 0) is 30.8 Å². The molecular weight excluding hydrogens is 260 g/mol. The second-order valence-corrected chi connectivity index (χ2v) is 6.97. The fourth-order valence-corrected chi connectivity index (χ4v) is 3.09. The minimum absolute atomic E-state index is 0.0632. The average Bonchev–Trinajstić information content (AvgIpc) is 2.70. The Kier molecular flexibility index (Phi) is 5.44. The molecule has 0 saturated heterocycles. The summed E-state index contributed by atoms with van der Waals surface area (Å²) in [7, 11) is -2.91. The summed E-state index contributed by atoms with van der Waals surface area (Å²) in [6.07, 6.45) is 3.29. The molecule has 0 amide bonds. The first kappa shape index (κ1) is 14.5. The summed E-state index contributed by atoms with van der Waals surface area (Å²) >= 11 is 1.31. The Hall–Kier alpha value is -0.570. The summed E-state index contributed by atoms with van der Waals surface area (Å²) < 4.78 is 26.0. The van der Waals surface area contributed by atoms with Crippen LogP contribution in [-0.2, 0) is 16.3 Å². The third-order valence-electron chi connectivity index (χ3n) is 2.45. The highest BCUT2D eigenvalue weighted by Crippen LogP contribution is 2.24. The zero-order chi connectivity index (χ0) is 12.9. The molecule has 6 nitrogen and oxygen atoms in total. The van der Waals surface area contributed by atoms with Gasteiger partial charge in [-0.1, -0.05) is 11.4 Å². The molecule has 0 radical (unpaired) electrons. The highest BCUT2D eigenvalue weighted by atomic mass is 32.2. The molecule has 0 aliphatic heterocycles. The molecule has 8 heteroatoms. The van der Waals surface area contributed by atoms with E-state index in [4.69, 9.17) is 5.84 Å². The molecule has 0 fully saturated rings. The van der Waals surface area contributed by atoms with Gasteiger partial charge in [-0.15, -0.1) is 5.10 Å². The maximum atomic E-state index is 11.0. The number of aromatic nitrogens is 2. The lowest BCUT2D eigenvalue weighted by molar-refractivity contribution is 0.510. The molecular formula is C9H18N4O2S2. The van der Waals surface area contributed by atoms with Crippen LogP contribution in [0.25, 0.3) is 0 Å². The van der Waals surface area contributed by atoms with E-state index >= 15 is 0 Å². The van der Waals surface area contributed by atoms with Crippen molar-refractivity contribution in [1.82, 2.24) is 15.0 Å². The molecule has 1 aromatic heterocycles. The maximum absolute atomic E-state index is 11.0. The van der Waals surface area contributed by atoms with Crippen LogP contribution in [0.4, 0.5) is 0 Å². The minimum atomic E-state index is -2.91. The van der Waals surface area contributed by atoms with Gasteiger partial charge in [-0.25, -0.2) is 8.42 Å². The van der Waals surface area contributed by atoms with E-state index in [1.807, 2.05) is 6.92 Å². The lowest BCUT2D eigenvalue weighted by Crippen LogP contribution is -2.28. The van der Waals surface area contributed by atoms with E-state index in [2.05, 4.69) is 15.0 Å². The van der Waals surface area contributed by atoms with Gasteiger partial charge in [0.1, 0.15) is 9.84 Å². The molecule has 0 aliphatic carbocycles. The van der Waals surface area contributed by atoms with Crippen LogP contribution < -0.4 is 11.3 Å². The summed E-state index contributed by atoms with van der Waals surface area (Å²) in [6, 6.07) is -0.0632. The van der Waals surface area contributed by atoms with E-state index < -0.39 is 9.84 Å². The zero-order valence-corrected chi connectivity index (χ0v) is 11.6. The lowest BCUT2D eigenvalue weighted by Gasteiger charge is -2.14. The number of sulfone groups is 1. The summed E-state index contributed by atoms with van der Waals surface area (Å²) in [5, 5.41) is 4.02. The van der Waals surface area contributed by atoms with Crippen molar-refractivity contribution in [3.05, 3.63) is 10.6 Å². The van der Waals surface area contributed by atoms with Crippen LogP contribution in [0.15, 0.2) is 0 Å². The van der Waals surface area contributed by atoms with Crippen LogP contribution in [0, 0.1) is 0 Å². The van der Waals surface area contributed by atoms with Crippen LogP contribution in [0.5, 0.6) is 0 Å². The quantitative estimate of drug-likeness (QED) is 0.554.